The Morgan fingerprint density at radius 2 is 2.21 bits per heavy atom. The van der Waals surface area contributed by atoms with Crippen molar-refractivity contribution in [1.82, 2.24) is 5.32 Å². The van der Waals surface area contributed by atoms with Crippen LogP contribution in [-0.4, -0.2) is 23.0 Å². The van der Waals surface area contributed by atoms with E-state index in [9.17, 15) is 14.0 Å². The van der Waals surface area contributed by atoms with Gasteiger partial charge in [-0.25, -0.2) is 4.39 Å². The first-order chi connectivity index (χ1) is 8.91. The van der Waals surface area contributed by atoms with E-state index in [1.165, 1.54) is 19.1 Å². The Bertz CT molecular complexity index is 514. The van der Waals surface area contributed by atoms with Gasteiger partial charge in [0.2, 0.25) is 5.91 Å². The summed E-state index contributed by atoms with van der Waals surface area (Å²) in [5.74, 6) is -2.58. The number of hydrogen-bond acceptors (Lipinski definition) is 2. The average molecular weight is 286 g/mol. The molecule has 2 unspecified atom stereocenters. The second-order valence-electron chi connectivity index (χ2n) is 4.65. The third-order valence-electron chi connectivity index (χ3n) is 3.23. The van der Waals surface area contributed by atoms with Gasteiger partial charge in [0.1, 0.15) is 11.9 Å². The molecule has 2 rings (SSSR count). The van der Waals surface area contributed by atoms with E-state index in [4.69, 9.17) is 16.7 Å². The minimum atomic E-state index is -1.10. The maximum atomic E-state index is 13.7. The van der Waals surface area contributed by atoms with E-state index in [1.54, 1.807) is 6.07 Å². The Labute approximate surface area is 114 Å². The second-order valence-corrected chi connectivity index (χ2v) is 5.06. The van der Waals surface area contributed by atoms with Crippen molar-refractivity contribution < 1.29 is 19.1 Å². The summed E-state index contributed by atoms with van der Waals surface area (Å²) in [6, 6.07) is 3.43. The number of carbonyl (C=O) groups excluding carboxylic acids is 1. The molecular formula is C13H13ClFNO3. The summed E-state index contributed by atoms with van der Waals surface area (Å²) in [4.78, 5) is 22.4. The number of carbonyl (C=O) groups is 2. The molecule has 1 saturated carbocycles. The van der Waals surface area contributed by atoms with Crippen LogP contribution in [0.25, 0.3) is 0 Å². The van der Waals surface area contributed by atoms with Gasteiger partial charge in [-0.3, -0.25) is 9.59 Å². The summed E-state index contributed by atoms with van der Waals surface area (Å²) >= 11 is 5.92. The fourth-order valence-corrected chi connectivity index (χ4v) is 2.35. The molecule has 0 bridgehead atoms. The fraction of sp³-hybridized carbons (Fsp3) is 0.385. The number of amides is 1. The third-order valence-corrected chi connectivity index (χ3v) is 3.56. The molecule has 4 nitrogen and oxygen atoms in total. The number of nitrogens with one attached hydrogen (secondary N) is 1. The number of benzene rings is 1. The highest BCUT2D eigenvalue weighted by Crippen LogP contribution is 2.50. The highest BCUT2D eigenvalue weighted by atomic mass is 35.5. The molecule has 1 aliphatic carbocycles. The van der Waals surface area contributed by atoms with Crippen molar-refractivity contribution in [2.75, 3.05) is 0 Å². The molecule has 2 N–H and O–H groups in total. The monoisotopic (exact) mass is 285 g/mol. The first-order valence-corrected chi connectivity index (χ1v) is 6.26. The zero-order valence-electron chi connectivity index (χ0n) is 10.2. The lowest BCUT2D eigenvalue weighted by Crippen LogP contribution is -2.39. The summed E-state index contributed by atoms with van der Waals surface area (Å²) in [6.07, 6.45) is 0.485. The van der Waals surface area contributed by atoms with Crippen LogP contribution >= 0.6 is 11.6 Å². The van der Waals surface area contributed by atoms with Gasteiger partial charge < -0.3 is 10.4 Å². The smallest absolute Gasteiger partial charge is 0.325 e. The van der Waals surface area contributed by atoms with E-state index in [0.717, 1.165) is 0 Å². The number of carboxylic acids is 1. The van der Waals surface area contributed by atoms with Gasteiger partial charge in [0.25, 0.3) is 0 Å². The maximum absolute atomic E-state index is 13.7. The van der Waals surface area contributed by atoms with Gasteiger partial charge in [-0.15, -0.1) is 0 Å². The highest BCUT2D eigenvalue weighted by molar-refractivity contribution is 6.31. The van der Waals surface area contributed by atoms with Crippen molar-refractivity contribution in [2.45, 2.75) is 25.3 Å². The van der Waals surface area contributed by atoms with Crippen molar-refractivity contribution in [2.24, 2.45) is 5.92 Å². The van der Waals surface area contributed by atoms with Crippen LogP contribution in [-0.2, 0) is 9.59 Å². The van der Waals surface area contributed by atoms with Crippen LogP contribution in [0.1, 0.15) is 24.8 Å². The average Bonchev–Trinajstić information content (AvgIpc) is 3.08. The van der Waals surface area contributed by atoms with E-state index in [1.807, 2.05) is 0 Å². The van der Waals surface area contributed by atoms with E-state index < -0.39 is 23.7 Å². The third kappa shape index (κ3) is 2.87. The van der Waals surface area contributed by atoms with Crippen LogP contribution in [0.5, 0.6) is 0 Å². The maximum Gasteiger partial charge on any atom is 0.325 e. The first kappa shape index (κ1) is 13.8. The molecule has 1 amide bonds. The lowest BCUT2D eigenvalue weighted by molar-refractivity contribution is -0.141. The number of aliphatic carboxylic acids is 1. The van der Waals surface area contributed by atoms with Crippen LogP contribution in [0.3, 0.4) is 0 Å². The molecule has 1 aliphatic rings. The largest absolute Gasteiger partial charge is 0.480 e. The van der Waals surface area contributed by atoms with E-state index >= 15 is 0 Å². The van der Waals surface area contributed by atoms with Crippen LogP contribution in [0.4, 0.5) is 4.39 Å². The van der Waals surface area contributed by atoms with Crippen molar-refractivity contribution in [3.05, 3.63) is 34.6 Å². The van der Waals surface area contributed by atoms with Crippen LogP contribution in [0.2, 0.25) is 5.02 Å². The number of halogens is 2. The molecule has 1 aromatic rings. The Morgan fingerprint density at radius 3 is 2.79 bits per heavy atom. The predicted molar refractivity (Wildman–Crippen MR) is 67.5 cm³/mol. The van der Waals surface area contributed by atoms with E-state index in [-0.39, 0.29) is 11.8 Å². The lowest BCUT2D eigenvalue weighted by Gasteiger charge is -2.09. The van der Waals surface area contributed by atoms with Gasteiger partial charge in [0, 0.05) is 22.4 Å². The van der Waals surface area contributed by atoms with Gasteiger partial charge in [-0.05, 0) is 25.5 Å². The molecular weight excluding hydrogens is 273 g/mol. The highest BCUT2D eigenvalue weighted by Gasteiger charge is 2.46. The Hall–Kier alpha value is -1.62. The summed E-state index contributed by atoms with van der Waals surface area (Å²) in [6.45, 7) is 1.38. The molecule has 0 radical (unpaired) electrons. The normalized spacial score (nSPS) is 22.7. The fourth-order valence-electron chi connectivity index (χ4n) is 2.05. The zero-order chi connectivity index (χ0) is 14.2. The van der Waals surface area contributed by atoms with Crippen molar-refractivity contribution >= 4 is 23.5 Å². The van der Waals surface area contributed by atoms with Gasteiger partial charge in [-0.2, -0.15) is 0 Å². The molecule has 0 spiro atoms. The molecule has 19 heavy (non-hydrogen) atoms. The SMILES string of the molecule is C[C@H](NC(=O)C1CC1c1c(F)cccc1Cl)C(=O)O. The quantitative estimate of drug-likeness (QED) is 0.891. The molecule has 0 saturated heterocycles. The van der Waals surface area contributed by atoms with Crippen molar-refractivity contribution in [3.8, 4) is 0 Å². The minimum Gasteiger partial charge on any atom is -0.480 e. The van der Waals surface area contributed by atoms with Gasteiger partial charge >= 0.3 is 5.97 Å². The molecule has 0 aliphatic heterocycles. The van der Waals surface area contributed by atoms with E-state index in [0.29, 0.717) is 17.0 Å². The topological polar surface area (TPSA) is 66.4 Å². The van der Waals surface area contributed by atoms with Crippen LogP contribution in [0, 0.1) is 11.7 Å². The van der Waals surface area contributed by atoms with Crippen molar-refractivity contribution in [3.63, 3.8) is 0 Å². The molecule has 3 atom stereocenters. The molecule has 102 valence electrons. The second kappa shape index (κ2) is 5.17. The number of carboxylic acid groups (broad SMARTS) is 1. The zero-order valence-corrected chi connectivity index (χ0v) is 10.9. The molecule has 1 aromatic carbocycles. The molecule has 1 fully saturated rings. The Morgan fingerprint density at radius 1 is 1.53 bits per heavy atom. The van der Waals surface area contributed by atoms with Crippen LogP contribution in [0.15, 0.2) is 18.2 Å². The van der Waals surface area contributed by atoms with Gasteiger partial charge in [0.05, 0.1) is 0 Å². The van der Waals surface area contributed by atoms with Gasteiger partial charge in [0.15, 0.2) is 0 Å². The molecule has 0 aromatic heterocycles. The molecule has 0 heterocycles. The summed E-state index contributed by atoms with van der Waals surface area (Å²) in [5.41, 5.74) is 0.340. The van der Waals surface area contributed by atoms with Gasteiger partial charge in [-0.1, -0.05) is 17.7 Å². The summed E-state index contributed by atoms with van der Waals surface area (Å²) in [5, 5.41) is 11.4. The summed E-state index contributed by atoms with van der Waals surface area (Å²) in [7, 11) is 0. The Balaban J connectivity index is 2.05. The minimum absolute atomic E-state index is 0.269. The lowest BCUT2D eigenvalue weighted by atomic mass is 10.1. The van der Waals surface area contributed by atoms with Crippen molar-refractivity contribution in [1.29, 1.82) is 0 Å². The standard InChI is InChI=1S/C13H13ClFNO3/c1-6(13(18)19)16-12(17)8-5-7(8)11-9(14)3-2-4-10(11)15/h2-4,6-8H,5H2,1H3,(H,16,17)(H,18,19)/t6-,7?,8?/m0/s1. The number of rotatable bonds is 4. The number of hydrogen-bond donors (Lipinski definition) is 2. The van der Waals surface area contributed by atoms with E-state index in [2.05, 4.69) is 5.32 Å². The summed E-state index contributed by atoms with van der Waals surface area (Å²) < 4.78 is 13.7. The predicted octanol–water partition coefficient (Wildman–Crippen LogP) is 2.17. The Kier molecular flexibility index (Phi) is 3.75. The molecule has 6 heteroatoms. The first-order valence-electron chi connectivity index (χ1n) is 5.89. The van der Waals surface area contributed by atoms with Crippen LogP contribution < -0.4 is 5.32 Å².